The second kappa shape index (κ2) is 5.88. The number of piperidine rings is 1. The molecule has 5 nitrogen and oxygen atoms in total. The van der Waals surface area contributed by atoms with E-state index in [0.29, 0.717) is 18.4 Å². The van der Waals surface area contributed by atoms with Crippen molar-refractivity contribution in [1.82, 2.24) is 4.31 Å². The lowest BCUT2D eigenvalue weighted by Gasteiger charge is -2.29. The van der Waals surface area contributed by atoms with Crippen LogP contribution in [0.5, 0.6) is 0 Å². The van der Waals surface area contributed by atoms with Gasteiger partial charge in [-0.1, -0.05) is 12.1 Å². The summed E-state index contributed by atoms with van der Waals surface area (Å²) in [6.45, 7) is 0.445. The van der Waals surface area contributed by atoms with Gasteiger partial charge in [0.25, 0.3) is 0 Å². The van der Waals surface area contributed by atoms with Crippen molar-refractivity contribution in [3.05, 3.63) is 35.6 Å². The molecule has 0 atom stereocenters. The van der Waals surface area contributed by atoms with Crippen LogP contribution in [0, 0.1) is 11.7 Å². The van der Waals surface area contributed by atoms with Crippen LogP contribution < -0.4 is 0 Å². The highest BCUT2D eigenvalue weighted by Crippen LogP contribution is 2.21. The van der Waals surface area contributed by atoms with E-state index in [-0.39, 0.29) is 18.8 Å². The van der Waals surface area contributed by atoms with Crippen molar-refractivity contribution in [2.24, 2.45) is 5.92 Å². The van der Waals surface area contributed by atoms with E-state index >= 15 is 0 Å². The Hall–Kier alpha value is -1.47. The normalized spacial score (nSPS) is 18.1. The second-order valence-electron chi connectivity index (χ2n) is 4.89. The Morgan fingerprint density at radius 3 is 2.30 bits per heavy atom. The minimum atomic E-state index is -3.48. The molecule has 0 saturated carbocycles. The number of carboxylic acid groups (broad SMARTS) is 1. The first kappa shape index (κ1) is 14.9. The van der Waals surface area contributed by atoms with Crippen LogP contribution in [0.4, 0.5) is 4.39 Å². The fourth-order valence-electron chi connectivity index (χ4n) is 2.26. The lowest BCUT2D eigenvalue weighted by molar-refractivity contribution is -0.142. The Kier molecular flexibility index (Phi) is 4.39. The van der Waals surface area contributed by atoms with Crippen molar-refractivity contribution in [3.63, 3.8) is 0 Å². The summed E-state index contributed by atoms with van der Waals surface area (Å²) in [6.07, 6.45) is 0.663. The zero-order valence-corrected chi connectivity index (χ0v) is 11.6. The molecule has 1 N–H and O–H groups in total. The molecule has 0 bridgehead atoms. The molecule has 1 aliphatic rings. The number of rotatable bonds is 4. The summed E-state index contributed by atoms with van der Waals surface area (Å²) in [7, 11) is -3.48. The molecule has 0 aromatic heterocycles. The highest BCUT2D eigenvalue weighted by atomic mass is 32.2. The predicted molar refractivity (Wildman–Crippen MR) is 71.0 cm³/mol. The monoisotopic (exact) mass is 301 g/mol. The van der Waals surface area contributed by atoms with E-state index in [4.69, 9.17) is 5.11 Å². The number of aliphatic carboxylic acids is 1. The van der Waals surface area contributed by atoms with Crippen LogP contribution in [0.3, 0.4) is 0 Å². The molecule has 20 heavy (non-hydrogen) atoms. The van der Waals surface area contributed by atoms with Gasteiger partial charge in [-0.2, -0.15) is 0 Å². The van der Waals surface area contributed by atoms with Gasteiger partial charge in [0.15, 0.2) is 0 Å². The standard InChI is InChI=1S/C13H16FNO4S/c14-12-3-1-10(2-4-12)9-20(18,19)15-7-5-11(6-8-15)13(16)17/h1-4,11H,5-9H2,(H,16,17). The van der Waals surface area contributed by atoms with Crippen LogP contribution in [0.15, 0.2) is 24.3 Å². The summed E-state index contributed by atoms with van der Waals surface area (Å²) in [5.74, 6) is -1.94. The molecule has 110 valence electrons. The number of hydrogen-bond acceptors (Lipinski definition) is 3. The Labute approximate surface area is 117 Å². The Morgan fingerprint density at radius 2 is 1.80 bits per heavy atom. The zero-order valence-electron chi connectivity index (χ0n) is 10.8. The van der Waals surface area contributed by atoms with Gasteiger partial charge in [-0.3, -0.25) is 4.79 Å². The van der Waals surface area contributed by atoms with E-state index in [1.54, 1.807) is 0 Å². The lowest BCUT2D eigenvalue weighted by Crippen LogP contribution is -2.40. The van der Waals surface area contributed by atoms with Crippen molar-refractivity contribution in [2.75, 3.05) is 13.1 Å². The van der Waals surface area contributed by atoms with Gasteiger partial charge < -0.3 is 5.11 Å². The van der Waals surface area contributed by atoms with Gasteiger partial charge in [0, 0.05) is 13.1 Å². The van der Waals surface area contributed by atoms with Gasteiger partial charge in [-0.05, 0) is 30.5 Å². The Balaban J connectivity index is 2.01. The van der Waals surface area contributed by atoms with Gasteiger partial charge in [-0.15, -0.1) is 0 Å². The molecule has 0 radical (unpaired) electrons. The maximum absolute atomic E-state index is 12.8. The average molecular weight is 301 g/mol. The molecule has 2 rings (SSSR count). The number of halogens is 1. The van der Waals surface area contributed by atoms with Gasteiger partial charge in [-0.25, -0.2) is 17.1 Å². The van der Waals surface area contributed by atoms with Gasteiger partial charge in [0.1, 0.15) is 5.82 Å². The van der Waals surface area contributed by atoms with E-state index < -0.39 is 27.7 Å². The minimum absolute atomic E-state index is 0.189. The van der Waals surface area contributed by atoms with Crippen LogP contribution in [0.25, 0.3) is 0 Å². The van der Waals surface area contributed by atoms with Crippen molar-refractivity contribution in [3.8, 4) is 0 Å². The fourth-order valence-corrected chi connectivity index (χ4v) is 3.83. The molecule has 0 spiro atoms. The molecule has 0 amide bonds. The SMILES string of the molecule is O=C(O)C1CCN(S(=O)(=O)Cc2ccc(F)cc2)CC1. The highest BCUT2D eigenvalue weighted by molar-refractivity contribution is 7.88. The van der Waals surface area contributed by atoms with Crippen LogP contribution in [-0.4, -0.2) is 36.9 Å². The van der Waals surface area contributed by atoms with E-state index in [0.717, 1.165) is 0 Å². The van der Waals surface area contributed by atoms with Gasteiger partial charge in [0.2, 0.25) is 10.0 Å². The first-order valence-corrected chi connectivity index (χ1v) is 7.94. The maximum Gasteiger partial charge on any atom is 0.306 e. The Morgan fingerprint density at radius 1 is 1.25 bits per heavy atom. The van der Waals surface area contributed by atoms with E-state index in [2.05, 4.69) is 0 Å². The molecule has 7 heteroatoms. The largest absolute Gasteiger partial charge is 0.481 e. The first-order valence-electron chi connectivity index (χ1n) is 6.33. The molecule has 1 aliphatic heterocycles. The third kappa shape index (κ3) is 3.55. The van der Waals surface area contributed by atoms with Crippen molar-refractivity contribution in [1.29, 1.82) is 0 Å². The molecule has 1 fully saturated rings. The molecular formula is C13H16FNO4S. The van der Waals surface area contributed by atoms with E-state index in [9.17, 15) is 17.6 Å². The summed E-state index contributed by atoms with van der Waals surface area (Å²) in [6, 6.07) is 5.33. The second-order valence-corrected chi connectivity index (χ2v) is 6.86. The molecule has 1 saturated heterocycles. The Bertz CT molecular complexity index is 577. The zero-order chi connectivity index (χ0) is 14.8. The molecule has 1 heterocycles. The molecule has 0 unspecified atom stereocenters. The number of nitrogens with zero attached hydrogens (tertiary/aromatic N) is 1. The first-order chi connectivity index (χ1) is 9.38. The summed E-state index contributed by atoms with van der Waals surface area (Å²) in [5.41, 5.74) is 0.520. The maximum atomic E-state index is 12.8. The number of carbonyl (C=O) groups is 1. The van der Waals surface area contributed by atoms with Crippen molar-refractivity contribution < 1.29 is 22.7 Å². The number of benzene rings is 1. The topological polar surface area (TPSA) is 74.7 Å². The highest BCUT2D eigenvalue weighted by Gasteiger charge is 2.30. The summed E-state index contributed by atoms with van der Waals surface area (Å²) in [4.78, 5) is 10.8. The predicted octanol–water partition coefficient (Wildman–Crippen LogP) is 1.45. The summed E-state index contributed by atoms with van der Waals surface area (Å²) < 4.78 is 38.5. The fraction of sp³-hybridized carbons (Fsp3) is 0.462. The third-order valence-corrected chi connectivity index (χ3v) is 5.31. The van der Waals surface area contributed by atoms with Crippen molar-refractivity contribution in [2.45, 2.75) is 18.6 Å². The van der Waals surface area contributed by atoms with Gasteiger partial charge in [0.05, 0.1) is 11.7 Å². The smallest absolute Gasteiger partial charge is 0.306 e. The lowest BCUT2D eigenvalue weighted by atomic mass is 9.99. The summed E-state index contributed by atoms with van der Waals surface area (Å²) in [5, 5.41) is 8.89. The van der Waals surface area contributed by atoms with E-state index in [1.165, 1.54) is 28.6 Å². The number of sulfonamides is 1. The van der Waals surface area contributed by atoms with E-state index in [1.807, 2.05) is 0 Å². The molecule has 1 aromatic rings. The van der Waals surface area contributed by atoms with Crippen LogP contribution >= 0.6 is 0 Å². The third-order valence-electron chi connectivity index (χ3n) is 3.46. The number of hydrogen-bond donors (Lipinski definition) is 1. The average Bonchev–Trinajstić information content (AvgIpc) is 2.41. The van der Waals surface area contributed by atoms with Crippen LogP contribution in [0.1, 0.15) is 18.4 Å². The molecule has 1 aromatic carbocycles. The van der Waals surface area contributed by atoms with Crippen LogP contribution in [-0.2, 0) is 20.6 Å². The summed E-state index contributed by atoms with van der Waals surface area (Å²) >= 11 is 0. The molecular weight excluding hydrogens is 285 g/mol. The minimum Gasteiger partial charge on any atom is -0.481 e. The van der Waals surface area contributed by atoms with Crippen LogP contribution in [0.2, 0.25) is 0 Å². The molecule has 0 aliphatic carbocycles. The van der Waals surface area contributed by atoms with Gasteiger partial charge >= 0.3 is 5.97 Å². The quantitative estimate of drug-likeness (QED) is 0.913. The number of carboxylic acids is 1. The van der Waals surface area contributed by atoms with Crippen molar-refractivity contribution >= 4 is 16.0 Å².